The topological polar surface area (TPSA) is 12.0 Å². The van der Waals surface area contributed by atoms with Crippen LogP contribution < -0.4 is 5.32 Å². The van der Waals surface area contributed by atoms with Crippen LogP contribution >= 0.6 is 27.5 Å². The molecule has 5 heteroatoms. The summed E-state index contributed by atoms with van der Waals surface area (Å²) in [6.45, 7) is 2.02. The molecule has 1 nitrogen and oxygen atoms in total. The fourth-order valence-corrected chi connectivity index (χ4v) is 2.29. The van der Waals surface area contributed by atoms with Gasteiger partial charge in [0.1, 0.15) is 11.6 Å². The molecule has 0 amide bonds. The third-order valence-corrected chi connectivity index (χ3v) is 3.75. The van der Waals surface area contributed by atoms with Crippen LogP contribution in [0.15, 0.2) is 34.8 Å². The van der Waals surface area contributed by atoms with E-state index in [0.29, 0.717) is 15.1 Å². The van der Waals surface area contributed by atoms with E-state index in [2.05, 4.69) is 21.2 Å². The van der Waals surface area contributed by atoms with E-state index in [1.807, 2.05) is 0 Å². The zero-order valence-corrected chi connectivity index (χ0v) is 12.4. The molecule has 0 unspecified atom stereocenters. The molecule has 0 aliphatic heterocycles. The molecule has 2 aromatic carbocycles. The minimum absolute atomic E-state index is 0.240. The maximum Gasteiger partial charge on any atom is 0.137 e. The quantitative estimate of drug-likeness (QED) is 0.795. The van der Waals surface area contributed by atoms with Crippen molar-refractivity contribution in [3.8, 4) is 0 Å². The molecule has 2 aromatic rings. The minimum atomic E-state index is -0.362. The van der Waals surface area contributed by atoms with E-state index in [1.165, 1.54) is 12.1 Å². The van der Waals surface area contributed by atoms with Gasteiger partial charge in [-0.3, -0.25) is 0 Å². The molecular formula is C14H11BrClF2N. The van der Waals surface area contributed by atoms with Crippen molar-refractivity contribution in [3.63, 3.8) is 0 Å². The highest BCUT2D eigenvalue weighted by molar-refractivity contribution is 9.10. The Bertz CT molecular complexity index is 596. The molecule has 0 radical (unpaired) electrons. The molecular weight excluding hydrogens is 336 g/mol. The van der Waals surface area contributed by atoms with Gasteiger partial charge in [-0.05, 0) is 52.7 Å². The SMILES string of the molecule is Cc1cc(F)c(Br)cc1NCc1c(F)cccc1Cl. The molecule has 0 saturated carbocycles. The first-order valence-corrected chi connectivity index (χ1v) is 6.78. The first-order chi connectivity index (χ1) is 8.99. The van der Waals surface area contributed by atoms with Crippen molar-refractivity contribution in [2.24, 2.45) is 0 Å². The van der Waals surface area contributed by atoms with Gasteiger partial charge < -0.3 is 5.32 Å². The van der Waals surface area contributed by atoms with Crippen LogP contribution in [0.5, 0.6) is 0 Å². The largest absolute Gasteiger partial charge is 0.381 e. The molecule has 0 saturated heterocycles. The van der Waals surface area contributed by atoms with Crippen molar-refractivity contribution in [2.75, 3.05) is 5.32 Å². The Balaban J connectivity index is 2.22. The highest BCUT2D eigenvalue weighted by atomic mass is 79.9. The van der Waals surface area contributed by atoms with Crippen molar-refractivity contribution in [1.29, 1.82) is 0 Å². The number of hydrogen-bond donors (Lipinski definition) is 1. The van der Waals surface area contributed by atoms with Gasteiger partial charge in [0.05, 0.1) is 4.47 Å². The molecule has 0 fully saturated rings. The van der Waals surface area contributed by atoms with Crippen molar-refractivity contribution in [3.05, 3.63) is 62.6 Å². The summed E-state index contributed by atoms with van der Waals surface area (Å²) in [5.41, 5.74) is 1.87. The van der Waals surface area contributed by atoms with E-state index in [1.54, 1.807) is 25.1 Å². The van der Waals surface area contributed by atoms with Gasteiger partial charge in [0.2, 0.25) is 0 Å². The van der Waals surface area contributed by atoms with Crippen LogP contribution in [-0.4, -0.2) is 0 Å². The summed E-state index contributed by atoms with van der Waals surface area (Å²) in [5, 5.41) is 3.42. The second-order valence-electron chi connectivity index (χ2n) is 4.14. The number of halogens is 4. The Morgan fingerprint density at radius 3 is 2.63 bits per heavy atom. The average molecular weight is 347 g/mol. The first kappa shape index (κ1) is 14.3. The molecule has 1 N–H and O–H groups in total. The van der Waals surface area contributed by atoms with E-state index in [-0.39, 0.29) is 18.2 Å². The Morgan fingerprint density at radius 2 is 1.95 bits per heavy atom. The molecule has 0 aliphatic carbocycles. The fraction of sp³-hybridized carbons (Fsp3) is 0.143. The number of hydrogen-bond acceptors (Lipinski definition) is 1. The Hall–Kier alpha value is -1.13. The van der Waals surface area contributed by atoms with E-state index in [9.17, 15) is 8.78 Å². The summed E-state index contributed by atoms with van der Waals surface area (Å²) in [4.78, 5) is 0. The summed E-state index contributed by atoms with van der Waals surface area (Å²) < 4.78 is 27.3. The van der Waals surface area contributed by atoms with E-state index < -0.39 is 0 Å². The van der Waals surface area contributed by atoms with Crippen LogP contribution in [0.2, 0.25) is 5.02 Å². The summed E-state index contributed by atoms with van der Waals surface area (Å²) in [6.07, 6.45) is 0. The maximum atomic E-state index is 13.6. The Morgan fingerprint density at radius 1 is 1.21 bits per heavy atom. The second-order valence-corrected chi connectivity index (χ2v) is 5.40. The molecule has 0 atom stereocenters. The van der Waals surface area contributed by atoms with Crippen LogP contribution in [0.1, 0.15) is 11.1 Å². The van der Waals surface area contributed by atoms with Gasteiger partial charge in [-0.15, -0.1) is 0 Å². The highest BCUT2D eigenvalue weighted by Crippen LogP contribution is 2.26. The molecule has 19 heavy (non-hydrogen) atoms. The lowest BCUT2D eigenvalue weighted by molar-refractivity contribution is 0.612. The lowest BCUT2D eigenvalue weighted by Gasteiger charge is -2.12. The lowest BCUT2D eigenvalue weighted by Crippen LogP contribution is -2.04. The normalized spacial score (nSPS) is 10.6. The van der Waals surface area contributed by atoms with Crippen molar-refractivity contribution < 1.29 is 8.78 Å². The van der Waals surface area contributed by atoms with Crippen LogP contribution in [0, 0.1) is 18.6 Å². The van der Waals surface area contributed by atoms with E-state index >= 15 is 0 Å². The Kier molecular flexibility index (Phi) is 4.42. The molecule has 0 aliphatic rings. The first-order valence-electron chi connectivity index (χ1n) is 5.61. The Labute approximate surface area is 123 Å². The molecule has 2 rings (SSSR count). The molecule has 100 valence electrons. The fourth-order valence-electron chi connectivity index (χ4n) is 1.72. The highest BCUT2D eigenvalue weighted by Gasteiger charge is 2.09. The monoisotopic (exact) mass is 345 g/mol. The smallest absolute Gasteiger partial charge is 0.137 e. The van der Waals surface area contributed by atoms with Crippen LogP contribution in [-0.2, 0) is 6.54 Å². The number of nitrogens with one attached hydrogen (secondary N) is 1. The van der Waals surface area contributed by atoms with Gasteiger partial charge >= 0.3 is 0 Å². The van der Waals surface area contributed by atoms with Crippen LogP contribution in [0.3, 0.4) is 0 Å². The van der Waals surface area contributed by atoms with Crippen molar-refractivity contribution in [2.45, 2.75) is 13.5 Å². The predicted molar refractivity (Wildman–Crippen MR) is 77.6 cm³/mol. The van der Waals surface area contributed by atoms with Crippen LogP contribution in [0.4, 0.5) is 14.5 Å². The molecule has 0 aromatic heterocycles. The third-order valence-electron chi connectivity index (χ3n) is 2.78. The number of benzene rings is 2. The van der Waals surface area contributed by atoms with Crippen molar-refractivity contribution >= 4 is 33.2 Å². The van der Waals surface area contributed by atoms with Gasteiger partial charge in [0, 0.05) is 22.8 Å². The van der Waals surface area contributed by atoms with Gasteiger partial charge in [-0.2, -0.15) is 0 Å². The molecule has 0 heterocycles. The molecule has 0 spiro atoms. The van der Waals surface area contributed by atoms with Crippen LogP contribution in [0.25, 0.3) is 0 Å². The summed E-state index contributed by atoms with van der Waals surface area (Å²) in [7, 11) is 0. The number of aryl methyl sites for hydroxylation is 1. The van der Waals surface area contributed by atoms with Gasteiger partial charge in [-0.1, -0.05) is 17.7 Å². The third kappa shape index (κ3) is 3.25. The summed E-state index contributed by atoms with van der Waals surface area (Å²) in [6, 6.07) is 7.58. The van der Waals surface area contributed by atoms with Crippen molar-refractivity contribution in [1.82, 2.24) is 0 Å². The summed E-state index contributed by atoms with van der Waals surface area (Å²) in [5.74, 6) is -0.689. The number of rotatable bonds is 3. The van der Waals surface area contributed by atoms with E-state index in [4.69, 9.17) is 11.6 Å². The minimum Gasteiger partial charge on any atom is -0.381 e. The van der Waals surface area contributed by atoms with Gasteiger partial charge in [0.15, 0.2) is 0 Å². The average Bonchev–Trinajstić information content (AvgIpc) is 2.34. The van der Waals surface area contributed by atoms with E-state index in [0.717, 1.165) is 11.3 Å². The standard InChI is InChI=1S/C14H11BrClF2N/c1-8-5-13(18)10(15)6-14(8)19-7-9-11(16)3-2-4-12(9)17/h2-6,19H,7H2,1H3. The molecule has 0 bridgehead atoms. The zero-order valence-electron chi connectivity index (χ0n) is 10.1. The van der Waals surface area contributed by atoms with Gasteiger partial charge in [-0.25, -0.2) is 8.78 Å². The second kappa shape index (κ2) is 5.88. The maximum absolute atomic E-state index is 13.6. The number of anilines is 1. The zero-order chi connectivity index (χ0) is 14.0. The summed E-state index contributed by atoms with van der Waals surface area (Å²) >= 11 is 9.06. The lowest BCUT2D eigenvalue weighted by atomic mass is 10.1. The van der Waals surface area contributed by atoms with Gasteiger partial charge in [0.25, 0.3) is 0 Å². The predicted octanol–water partition coefficient (Wildman–Crippen LogP) is 5.30.